The molecule has 110 valence electrons. The first-order chi connectivity index (χ1) is 9.35. The van der Waals surface area contributed by atoms with E-state index in [1.54, 1.807) is 0 Å². The summed E-state index contributed by atoms with van der Waals surface area (Å²) in [5.41, 5.74) is 1.78. The lowest BCUT2D eigenvalue weighted by molar-refractivity contribution is -0.113. The second-order valence-corrected chi connectivity index (χ2v) is 9.28. The number of hydrogen-bond donors (Lipinski definition) is 1. The first kappa shape index (κ1) is 15.9. The van der Waals surface area contributed by atoms with Crippen LogP contribution in [0.2, 0.25) is 0 Å². The standard InChI is InChI=1S/C13H16BrNO3S2/c1-9-6-10(14)2-3-12(9)15-13(16)7-19-11-4-5-20(17,18)8-11/h2-3,6,11H,4-5,7-8H2,1H3,(H,15,16)/t11-/m0/s1. The Hall–Kier alpha value is -0.530. The summed E-state index contributed by atoms with van der Waals surface area (Å²) in [5.74, 6) is 0.639. The van der Waals surface area contributed by atoms with E-state index in [1.807, 2.05) is 25.1 Å². The molecule has 1 saturated heterocycles. The first-order valence-electron chi connectivity index (χ1n) is 6.24. The molecule has 1 aliphatic heterocycles. The smallest absolute Gasteiger partial charge is 0.234 e. The van der Waals surface area contributed by atoms with Gasteiger partial charge in [0.1, 0.15) is 0 Å². The number of rotatable bonds is 4. The lowest BCUT2D eigenvalue weighted by atomic mass is 10.2. The Morgan fingerprint density at radius 2 is 2.25 bits per heavy atom. The molecule has 1 atom stereocenters. The van der Waals surface area contributed by atoms with Crippen LogP contribution in [0.3, 0.4) is 0 Å². The molecule has 7 heteroatoms. The van der Waals surface area contributed by atoms with Crippen molar-refractivity contribution in [3.63, 3.8) is 0 Å². The van der Waals surface area contributed by atoms with Gasteiger partial charge in [0.25, 0.3) is 0 Å². The number of thioether (sulfide) groups is 1. The topological polar surface area (TPSA) is 63.2 Å². The molecule has 0 saturated carbocycles. The fourth-order valence-electron chi connectivity index (χ4n) is 2.04. The zero-order chi connectivity index (χ0) is 14.8. The van der Waals surface area contributed by atoms with Gasteiger partial charge >= 0.3 is 0 Å². The number of carbonyl (C=O) groups is 1. The van der Waals surface area contributed by atoms with Crippen LogP contribution in [0.4, 0.5) is 5.69 Å². The molecule has 1 aromatic carbocycles. The van der Waals surface area contributed by atoms with Crippen LogP contribution >= 0.6 is 27.7 Å². The summed E-state index contributed by atoms with van der Waals surface area (Å²) in [6.45, 7) is 1.93. The van der Waals surface area contributed by atoms with Crippen molar-refractivity contribution in [2.75, 3.05) is 22.6 Å². The van der Waals surface area contributed by atoms with Crippen molar-refractivity contribution < 1.29 is 13.2 Å². The molecule has 1 aromatic rings. The van der Waals surface area contributed by atoms with Gasteiger partial charge in [-0.25, -0.2) is 8.42 Å². The molecule has 1 N–H and O–H groups in total. The highest BCUT2D eigenvalue weighted by Crippen LogP contribution is 2.25. The van der Waals surface area contributed by atoms with Gasteiger partial charge in [-0.2, -0.15) is 0 Å². The number of halogens is 1. The molecule has 2 rings (SSSR count). The first-order valence-corrected chi connectivity index (χ1v) is 9.90. The quantitative estimate of drug-likeness (QED) is 0.875. The number of hydrogen-bond acceptors (Lipinski definition) is 4. The molecule has 0 bridgehead atoms. The number of benzene rings is 1. The van der Waals surface area contributed by atoms with E-state index in [-0.39, 0.29) is 28.4 Å². The Morgan fingerprint density at radius 3 is 2.85 bits per heavy atom. The van der Waals surface area contributed by atoms with E-state index in [0.717, 1.165) is 15.7 Å². The summed E-state index contributed by atoms with van der Waals surface area (Å²) in [7, 11) is -2.87. The molecule has 1 aliphatic rings. The predicted octanol–water partition coefficient (Wildman–Crippen LogP) is 2.62. The van der Waals surface area contributed by atoms with Gasteiger partial charge in [0.05, 0.1) is 17.3 Å². The number of amides is 1. The Balaban J connectivity index is 1.84. The maximum absolute atomic E-state index is 11.9. The van der Waals surface area contributed by atoms with Crippen LogP contribution in [0.25, 0.3) is 0 Å². The van der Waals surface area contributed by atoms with Crippen molar-refractivity contribution in [1.29, 1.82) is 0 Å². The highest BCUT2D eigenvalue weighted by molar-refractivity contribution is 9.10. The van der Waals surface area contributed by atoms with Crippen molar-refractivity contribution in [3.8, 4) is 0 Å². The summed E-state index contributed by atoms with van der Waals surface area (Å²) in [4.78, 5) is 11.9. The lowest BCUT2D eigenvalue weighted by Crippen LogP contribution is -2.17. The van der Waals surface area contributed by atoms with Crippen molar-refractivity contribution in [2.45, 2.75) is 18.6 Å². The van der Waals surface area contributed by atoms with Gasteiger partial charge in [0, 0.05) is 15.4 Å². The lowest BCUT2D eigenvalue weighted by Gasteiger charge is -2.10. The van der Waals surface area contributed by atoms with Crippen LogP contribution in [-0.4, -0.2) is 36.8 Å². The monoisotopic (exact) mass is 377 g/mol. The predicted molar refractivity (Wildman–Crippen MR) is 87.0 cm³/mol. The normalized spacial score (nSPS) is 20.8. The third-order valence-corrected chi connectivity index (χ3v) is 6.88. The van der Waals surface area contributed by atoms with E-state index in [4.69, 9.17) is 0 Å². The minimum absolute atomic E-state index is 0.0526. The summed E-state index contributed by atoms with van der Waals surface area (Å²) >= 11 is 4.80. The summed E-state index contributed by atoms with van der Waals surface area (Å²) in [6.07, 6.45) is 0.650. The maximum atomic E-state index is 11.9. The third kappa shape index (κ3) is 4.49. The zero-order valence-corrected chi connectivity index (χ0v) is 14.3. The molecule has 1 fully saturated rings. The average Bonchev–Trinajstić information content (AvgIpc) is 2.70. The van der Waals surface area contributed by atoms with E-state index in [9.17, 15) is 13.2 Å². The molecule has 0 radical (unpaired) electrons. The van der Waals surface area contributed by atoms with Crippen LogP contribution in [0.1, 0.15) is 12.0 Å². The van der Waals surface area contributed by atoms with Crippen LogP contribution in [-0.2, 0) is 14.6 Å². The zero-order valence-electron chi connectivity index (χ0n) is 11.1. The molecule has 0 aliphatic carbocycles. The van der Waals surface area contributed by atoms with Gasteiger partial charge < -0.3 is 5.32 Å². The number of nitrogens with one attached hydrogen (secondary N) is 1. The number of carbonyl (C=O) groups excluding carboxylic acids is 1. The molecule has 0 unspecified atom stereocenters. The fourth-order valence-corrected chi connectivity index (χ4v) is 5.96. The highest BCUT2D eigenvalue weighted by atomic mass is 79.9. The molecule has 1 amide bonds. The molecule has 20 heavy (non-hydrogen) atoms. The Morgan fingerprint density at radius 1 is 1.50 bits per heavy atom. The van der Waals surface area contributed by atoms with Crippen LogP contribution < -0.4 is 5.32 Å². The van der Waals surface area contributed by atoms with Crippen LogP contribution in [0.5, 0.6) is 0 Å². The van der Waals surface area contributed by atoms with Crippen LogP contribution in [0.15, 0.2) is 22.7 Å². The summed E-state index contributed by atoms with van der Waals surface area (Å²) < 4.78 is 23.6. The highest BCUT2D eigenvalue weighted by Gasteiger charge is 2.28. The van der Waals surface area contributed by atoms with Gasteiger partial charge in [-0.15, -0.1) is 11.8 Å². The van der Waals surface area contributed by atoms with E-state index in [2.05, 4.69) is 21.2 Å². The second-order valence-electron chi connectivity index (χ2n) is 4.84. The molecule has 1 heterocycles. The average molecular weight is 378 g/mol. The van der Waals surface area contributed by atoms with E-state index >= 15 is 0 Å². The summed E-state index contributed by atoms with van der Waals surface area (Å²) in [5, 5.41) is 2.90. The van der Waals surface area contributed by atoms with Crippen molar-refractivity contribution in [1.82, 2.24) is 0 Å². The SMILES string of the molecule is Cc1cc(Br)ccc1NC(=O)CS[C@H]1CCS(=O)(=O)C1. The van der Waals surface area contributed by atoms with Crippen molar-refractivity contribution in [2.24, 2.45) is 0 Å². The van der Waals surface area contributed by atoms with Gasteiger partial charge in [-0.3, -0.25) is 4.79 Å². The van der Waals surface area contributed by atoms with Crippen molar-refractivity contribution in [3.05, 3.63) is 28.2 Å². The Kier molecular flexibility index (Phi) is 5.14. The molecular formula is C13H16BrNO3S2. The molecule has 0 aromatic heterocycles. The van der Waals surface area contributed by atoms with E-state index in [1.165, 1.54) is 11.8 Å². The number of sulfone groups is 1. The van der Waals surface area contributed by atoms with Gasteiger partial charge in [0.2, 0.25) is 5.91 Å². The minimum atomic E-state index is -2.87. The third-order valence-electron chi connectivity index (χ3n) is 3.10. The van der Waals surface area contributed by atoms with Gasteiger partial charge in [-0.05, 0) is 37.1 Å². The maximum Gasteiger partial charge on any atom is 0.234 e. The van der Waals surface area contributed by atoms with Crippen LogP contribution in [0, 0.1) is 6.92 Å². The number of anilines is 1. The Bertz CT molecular complexity index is 616. The molecular weight excluding hydrogens is 362 g/mol. The van der Waals surface area contributed by atoms with E-state index < -0.39 is 9.84 Å². The minimum Gasteiger partial charge on any atom is -0.325 e. The number of aryl methyl sites for hydroxylation is 1. The Labute approximate surface area is 131 Å². The largest absolute Gasteiger partial charge is 0.325 e. The molecule has 4 nitrogen and oxygen atoms in total. The van der Waals surface area contributed by atoms with Crippen molar-refractivity contribution >= 4 is 49.1 Å². The fraction of sp³-hybridized carbons (Fsp3) is 0.462. The van der Waals surface area contributed by atoms with Gasteiger partial charge in [-0.1, -0.05) is 15.9 Å². The second kappa shape index (κ2) is 6.49. The van der Waals surface area contributed by atoms with Gasteiger partial charge in [0.15, 0.2) is 9.84 Å². The summed E-state index contributed by atoms with van der Waals surface area (Å²) in [6, 6.07) is 5.66. The van der Waals surface area contributed by atoms with E-state index in [0.29, 0.717) is 6.42 Å². The molecule has 0 spiro atoms.